The average Bonchev–Trinajstić information content (AvgIpc) is 0.781. The summed E-state index contributed by atoms with van der Waals surface area (Å²) in [5.41, 5.74) is 0. The SMILES string of the molecule is CC/C=C\C/C=C\C/C=C\C/C=C\C/C=C\C/C=C\CCCCCCCCCCC(=O)NC(COC1OC(CO)C(OC2OC(CO)C(OC3OC(CO)C(O)C(O)C3O)C(O)C2O)C(O)C1O)C(O)/C=C/CCCCCCCCCCCCCCCCCCCCCCCCCCCCCCC. The first kappa shape index (κ1) is 94.2. The van der Waals surface area contributed by atoms with E-state index in [1.165, 1.54) is 180 Å². The lowest BCUT2D eigenvalue weighted by Gasteiger charge is -2.48. The van der Waals surface area contributed by atoms with Crippen molar-refractivity contribution in [3.63, 3.8) is 0 Å². The second-order valence-electron chi connectivity index (χ2n) is 29.2. The van der Waals surface area contributed by atoms with Crippen LogP contribution in [-0.2, 0) is 33.2 Å². The molecule has 0 aromatic rings. The minimum absolute atomic E-state index is 0.229. The molecule has 3 heterocycles. The Hall–Kier alpha value is -3.03. The van der Waals surface area contributed by atoms with Crippen LogP contribution >= 0.6 is 0 Å². The summed E-state index contributed by atoms with van der Waals surface area (Å²) < 4.78 is 34.5. The second kappa shape index (κ2) is 63.9. The van der Waals surface area contributed by atoms with Crippen LogP contribution in [0.15, 0.2) is 85.1 Å². The molecule has 1 amide bonds. The van der Waals surface area contributed by atoms with E-state index in [2.05, 4.69) is 92.1 Å². The number of carbonyl (C=O) groups excluding carboxylic acids is 1. The highest BCUT2D eigenvalue weighted by molar-refractivity contribution is 5.76. The lowest BCUT2D eigenvalue weighted by atomic mass is 9.96. The van der Waals surface area contributed by atoms with Crippen LogP contribution in [0.25, 0.3) is 0 Å². The van der Waals surface area contributed by atoms with Crippen LogP contribution in [0.4, 0.5) is 0 Å². The van der Waals surface area contributed by atoms with Crippen LogP contribution < -0.4 is 5.32 Å². The first-order valence-corrected chi connectivity index (χ1v) is 41.3. The molecule has 19 heteroatoms. The number of unbranched alkanes of at least 4 members (excludes halogenated alkanes) is 37. The van der Waals surface area contributed by atoms with Crippen molar-refractivity contribution in [1.29, 1.82) is 0 Å². The van der Waals surface area contributed by atoms with Crippen LogP contribution in [0.1, 0.15) is 309 Å². The van der Waals surface area contributed by atoms with E-state index in [1.807, 2.05) is 6.08 Å². The molecule has 598 valence electrons. The van der Waals surface area contributed by atoms with Gasteiger partial charge in [-0.3, -0.25) is 4.79 Å². The summed E-state index contributed by atoms with van der Waals surface area (Å²) in [7, 11) is 0. The topological polar surface area (TPSA) is 307 Å². The maximum Gasteiger partial charge on any atom is 0.220 e. The van der Waals surface area contributed by atoms with Gasteiger partial charge in [0.25, 0.3) is 0 Å². The molecular formula is C84H149NO18. The molecular weight excluding hydrogens is 1310 g/mol. The van der Waals surface area contributed by atoms with Gasteiger partial charge in [0.1, 0.15) is 73.2 Å². The van der Waals surface area contributed by atoms with Crippen molar-refractivity contribution in [3.8, 4) is 0 Å². The lowest BCUT2D eigenvalue weighted by Crippen LogP contribution is -2.66. The van der Waals surface area contributed by atoms with Crippen molar-refractivity contribution in [3.05, 3.63) is 85.1 Å². The molecule has 0 aliphatic carbocycles. The predicted molar refractivity (Wildman–Crippen MR) is 411 cm³/mol. The maximum atomic E-state index is 13.5. The molecule has 0 aromatic carbocycles. The summed E-state index contributed by atoms with van der Waals surface area (Å²) in [5.74, 6) is -0.284. The zero-order chi connectivity index (χ0) is 74.6. The number of hydrogen-bond donors (Lipinski definition) is 12. The van der Waals surface area contributed by atoms with Gasteiger partial charge in [0.15, 0.2) is 18.9 Å². The average molecular weight is 1460 g/mol. The Morgan fingerprint density at radius 2 is 0.670 bits per heavy atom. The summed E-state index contributed by atoms with van der Waals surface area (Å²) in [6, 6.07) is -0.986. The first-order valence-electron chi connectivity index (χ1n) is 41.3. The van der Waals surface area contributed by atoms with Crippen LogP contribution in [0, 0.1) is 0 Å². The zero-order valence-electron chi connectivity index (χ0n) is 64.0. The molecule has 3 saturated heterocycles. The Balaban J connectivity index is 1.38. The second-order valence-corrected chi connectivity index (χ2v) is 29.2. The highest BCUT2D eigenvalue weighted by Gasteiger charge is 2.54. The smallest absolute Gasteiger partial charge is 0.220 e. The molecule has 103 heavy (non-hydrogen) atoms. The zero-order valence-corrected chi connectivity index (χ0v) is 64.0. The van der Waals surface area contributed by atoms with Gasteiger partial charge in [0.2, 0.25) is 5.91 Å². The monoisotopic (exact) mass is 1460 g/mol. The van der Waals surface area contributed by atoms with Gasteiger partial charge >= 0.3 is 0 Å². The predicted octanol–water partition coefficient (Wildman–Crippen LogP) is 14.2. The van der Waals surface area contributed by atoms with E-state index in [4.69, 9.17) is 28.4 Å². The Morgan fingerprint density at radius 1 is 0.359 bits per heavy atom. The molecule has 0 bridgehead atoms. The fourth-order valence-electron chi connectivity index (χ4n) is 13.6. The minimum atomic E-state index is -1.98. The Kier molecular flexibility index (Phi) is 58.4. The first-order chi connectivity index (χ1) is 50.3. The summed E-state index contributed by atoms with van der Waals surface area (Å²) in [4.78, 5) is 13.5. The molecule has 0 saturated carbocycles. The Morgan fingerprint density at radius 3 is 1.05 bits per heavy atom. The van der Waals surface area contributed by atoms with Gasteiger partial charge in [-0.2, -0.15) is 0 Å². The molecule has 19 nitrogen and oxygen atoms in total. The van der Waals surface area contributed by atoms with Gasteiger partial charge in [-0.1, -0.05) is 317 Å². The fourth-order valence-corrected chi connectivity index (χ4v) is 13.6. The van der Waals surface area contributed by atoms with Crippen molar-refractivity contribution < 1.29 is 89.4 Å². The van der Waals surface area contributed by atoms with E-state index in [-0.39, 0.29) is 18.9 Å². The summed E-state index contributed by atoms with van der Waals surface area (Å²) in [5, 5.41) is 121. The fraction of sp³-hybridized carbons (Fsp3) is 0.821. The number of ether oxygens (including phenoxy) is 6. The van der Waals surface area contributed by atoms with E-state index in [9.17, 15) is 61.0 Å². The van der Waals surface area contributed by atoms with Gasteiger partial charge in [0, 0.05) is 6.42 Å². The molecule has 3 aliphatic heterocycles. The quantitative estimate of drug-likeness (QED) is 0.0199. The van der Waals surface area contributed by atoms with Gasteiger partial charge in [0.05, 0.1) is 38.6 Å². The van der Waals surface area contributed by atoms with Crippen molar-refractivity contribution in [1.82, 2.24) is 5.32 Å². The number of amides is 1. The maximum absolute atomic E-state index is 13.5. The molecule has 0 aromatic heterocycles. The van der Waals surface area contributed by atoms with E-state index in [1.54, 1.807) is 6.08 Å². The molecule has 0 spiro atoms. The highest BCUT2D eigenvalue weighted by Crippen LogP contribution is 2.33. The molecule has 17 unspecified atom stereocenters. The van der Waals surface area contributed by atoms with Crippen molar-refractivity contribution in [2.45, 2.75) is 413 Å². The van der Waals surface area contributed by atoms with Gasteiger partial charge in [-0.25, -0.2) is 0 Å². The van der Waals surface area contributed by atoms with Gasteiger partial charge in [-0.05, 0) is 70.6 Å². The normalized spacial score (nSPS) is 26.5. The summed E-state index contributed by atoms with van der Waals surface area (Å²) in [6.45, 7) is 1.65. The van der Waals surface area contributed by atoms with Crippen LogP contribution in [-0.4, -0.2) is 193 Å². The molecule has 3 fully saturated rings. The summed E-state index contributed by atoms with van der Waals surface area (Å²) >= 11 is 0. The number of aliphatic hydroxyl groups excluding tert-OH is 11. The summed E-state index contributed by atoms with van der Waals surface area (Å²) in [6.07, 6.45) is 58.5. The number of nitrogens with one attached hydrogen (secondary N) is 1. The molecule has 3 aliphatic rings. The Bertz CT molecular complexity index is 2190. The molecule has 0 radical (unpaired) electrons. The van der Waals surface area contributed by atoms with Crippen molar-refractivity contribution in [2.24, 2.45) is 0 Å². The lowest BCUT2D eigenvalue weighted by molar-refractivity contribution is -0.379. The van der Waals surface area contributed by atoms with E-state index in [0.29, 0.717) is 6.42 Å². The number of aliphatic hydroxyl groups is 11. The third-order valence-corrected chi connectivity index (χ3v) is 20.2. The third-order valence-electron chi connectivity index (χ3n) is 20.2. The third kappa shape index (κ3) is 43.7. The molecule has 17 atom stereocenters. The van der Waals surface area contributed by atoms with E-state index < -0.39 is 124 Å². The van der Waals surface area contributed by atoms with Crippen molar-refractivity contribution >= 4 is 5.91 Å². The van der Waals surface area contributed by atoms with Crippen LogP contribution in [0.2, 0.25) is 0 Å². The Labute approximate surface area is 622 Å². The van der Waals surface area contributed by atoms with Crippen LogP contribution in [0.3, 0.4) is 0 Å². The molecule has 12 N–H and O–H groups in total. The number of hydrogen-bond acceptors (Lipinski definition) is 18. The highest BCUT2D eigenvalue weighted by atomic mass is 16.8. The van der Waals surface area contributed by atoms with Gasteiger partial charge in [-0.15, -0.1) is 0 Å². The standard InChI is InChI=1S/C84H149NO18/c1-3-5-7-9-11-13-15-17-19-21-23-25-27-29-31-32-33-34-36-37-39-41-43-45-47-49-51-53-55-57-59-61-68(89)67(85-72(90)62-60-58-56-54-52-50-48-46-44-42-40-38-35-30-28-26-24-22-20-18-16-14-12-10-8-6-4-2)66-98-82-78(96)75(93)80(70(64-87)100-82)103-84-79(97)76(94)81(71(65-88)101-84)102-83-77(95)74(92)73(91)69(63-86)99-83/h6,8,12,14,18,20,24,26,30,35,40,42,59,61,67-71,73-84,86-89,91-97H,3-5,7,9-11,13,15-17,19,21-23,25,27-29,31-34,36-39,41,43-58,60,62-66H2,1-2H3,(H,85,90)/b8-6-,14-12-,20-18-,26-24-,35-30-,42-40-,61-59+. The minimum Gasteiger partial charge on any atom is -0.394 e. The van der Waals surface area contributed by atoms with Crippen molar-refractivity contribution in [2.75, 3.05) is 26.4 Å². The number of carbonyl (C=O) groups is 1. The van der Waals surface area contributed by atoms with Gasteiger partial charge < -0.3 is 89.9 Å². The molecule has 3 rings (SSSR count). The van der Waals surface area contributed by atoms with E-state index in [0.717, 1.165) is 103 Å². The number of rotatable bonds is 65. The largest absolute Gasteiger partial charge is 0.394 e. The van der Waals surface area contributed by atoms with E-state index >= 15 is 0 Å². The van der Waals surface area contributed by atoms with Crippen LogP contribution in [0.5, 0.6) is 0 Å². The number of allylic oxidation sites excluding steroid dienone is 13.